The molecule has 4 nitrogen and oxygen atoms in total. The molecule has 0 saturated carbocycles. The smallest absolute Gasteiger partial charge is 0.387 e. The first-order chi connectivity index (χ1) is 16.8. The van der Waals surface area contributed by atoms with Gasteiger partial charge in [-0.15, -0.1) is 0 Å². The van der Waals surface area contributed by atoms with E-state index in [4.69, 9.17) is 11.6 Å². The van der Waals surface area contributed by atoms with Crippen molar-refractivity contribution in [1.29, 1.82) is 0 Å². The van der Waals surface area contributed by atoms with Crippen molar-refractivity contribution < 1.29 is 27.0 Å². The standard InChI is InChI=1S/C26H19ClF4N2O2/c1-2-16-9-11-17(12-10-16)15-33-24(19-6-4-8-21(14-19)35-26(30)31)22(27)23(32-33)18-5-3-7-20(13-18)34-25(28)29/h2-14,25-26H,1,15H2. The van der Waals surface area contributed by atoms with Gasteiger partial charge in [0, 0.05) is 11.1 Å². The van der Waals surface area contributed by atoms with Gasteiger partial charge < -0.3 is 9.47 Å². The highest BCUT2D eigenvalue weighted by Crippen LogP contribution is 2.39. The molecule has 0 aliphatic rings. The maximum absolute atomic E-state index is 12.8. The van der Waals surface area contributed by atoms with Gasteiger partial charge >= 0.3 is 13.2 Å². The molecule has 0 N–H and O–H groups in total. The zero-order valence-electron chi connectivity index (χ0n) is 18.2. The molecule has 0 radical (unpaired) electrons. The SMILES string of the molecule is C=Cc1ccc(Cn2nc(-c3cccc(OC(F)F)c3)c(Cl)c2-c2cccc(OC(F)F)c2)cc1. The van der Waals surface area contributed by atoms with E-state index >= 15 is 0 Å². The minimum Gasteiger partial charge on any atom is -0.435 e. The highest BCUT2D eigenvalue weighted by atomic mass is 35.5. The first-order valence-corrected chi connectivity index (χ1v) is 10.8. The summed E-state index contributed by atoms with van der Waals surface area (Å²) in [5.74, 6) is -0.0810. The number of nitrogens with zero attached hydrogens (tertiary/aromatic N) is 2. The predicted molar refractivity (Wildman–Crippen MR) is 127 cm³/mol. The Kier molecular flexibility index (Phi) is 7.41. The van der Waals surface area contributed by atoms with Gasteiger partial charge in [-0.1, -0.05) is 72.8 Å². The average Bonchev–Trinajstić information content (AvgIpc) is 3.14. The van der Waals surface area contributed by atoms with Gasteiger partial charge in [-0.05, 0) is 35.4 Å². The van der Waals surface area contributed by atoms with Crippen molar-refractivity contribution in [3.63, 3.8) is 0 Å². The Hall–Kier alpha value is -3.78. The quantitative estimate of drug-likeness (QED) is 0.219. The summed E-state index contributed by atoms with van der Waals surface area (Å²) >= 11 is 6.75. The van der Waals surface area contributed by atoms with Crippen LogP contribution in [-0.4, -0.2) is 23.0 Å². The fourth-order valence-electron chi connectivity index (χ4n) is 3.59. The monoisotopic (exact) mass is 502 g/mol. The van der Waals surface area contributed by atoms with E-state index < -0.39 is 13.2 Å². The lowest BCUT2D eigenvalue weighted by atomic mass is 10.1. The van der Waals surface area contributed by atoms with Crippen molar-refractivity contribution in [2.24, 2.45) is 0 Å². The van der Waals surface area contributed by atoms with Gasteiger partial charge in [-0.25, -0.2) is 0 Å². The van der Waals surface area contributed by atoms with Gasteiger partial charge in [0.05, 0.1) is 17.3 Å². The molecule has 0 unspecified atom stereocenters. The summed E-state index contributed by atoms with van der Waals surface area (Å²) in [7, 11) is 0. The van der Waals surface area contributed by atoms with Gasteiger partial charge in [0.2, 0.25) is 0 Å². The molecule has 0 saturated heterocycles. The molecule has 0 fully saturated rings. The predicted octanol–water partition coefficient (Wildman–Crippen LogP) is 7.76. The molecule has 0 amide bonds. The van der Waals surface area contributed by atoms with Crippen LogP contribution in [0.5, 0.6) is 11.5 Å². The van der Waals surface area contributed by atoms with Crippen LogP contribution < -0.4 is 9.47 Å². The lowest BCUT2D eigenvalue weighted by Gasteiger charge is -2.11. The van der Waals surface area contributed by atoms with Gasteiger partial charge in [-0.3, -0.25) is 4.68 Å². The number of halogens is 5. The second-order valence-corrected chi connectivity index (χ2v) is 7.81. The minimum absolute atomic E-state index is 0.0365. The van der Waals surface area contributed by atoms with E-state index in [1.54, 1.807) is 35.0 Å². The van der Waals surface area contributed by atoms with Crippen molar-refractivity contribution in [1.82, 2.24) is 9.78 Å². The molecule has 180 valence electrons. The second kappa shape index (κ2) is 10.7. The number of rotatable bonds is 9. The molecule has 4 aromatic rings. The van der Waals surface area contributed by atoms with Crippen LogP contribution in [0.1, 0.15) is 11.1 Å². The maximum Gasteiger partial charge on any atom is 0.387 e. The van der Waals surface area contributed by atoms with Crippen LogP contribution in [0.3, 0.4) is 0 Å². The molecule has 9 heteroatoms. The first-order valence-electron chi connectivity index (χ1n) is 10.4. The normalized spacial score (nSPS) is 11.2. The lowest BCUT2D eigenvalue weighted by molar-refractivity contribution is -0.0505. The summed E-state index contributed by atoms with van der Waals surface area (Å²) in [5, 5.41) is 4.86. The van der Waals surface area contributed by atoms with Crippen LogP contribution in [-0.2, 0) is 6.54 Å². The molecule has 1 heterocycles. The Morgan fingerprint density at radius 1 is 0.857 bits per heavy atom. The van der Waals surface area contributed by atoms with Crippen LogP contribution in [0, 0.1) is 0 Å². The molecule has 3 aromatic carbocycles. The molecular formula is C26H19ClF4N2O2. The summed E-state index contributed by atoms with van der Waals surface area (Å²) in [4.78, 5) is 0. The third kappa shape index (κ3) is 5.84. The second-order valence-electron chi connectivity index (χ2n) is 7.43. The molecule has 4 rings (SSSR count). The number of hydrogen-bond donors (Lipinski definition) is 0. The van der Waals surface area contributed by atoms with E-state index in [1.807, 2.05) is 24.3 Å². The van der Waals surface area contributed by atoms with Crippen LogP contribution in [0.25, 0.3) is 28.6 Å². The molecular weight excluding hydrogens is 484 g/mol. The average molecular weight is 503 g/mol. The number of aromatic nitrogens is 2. The molecule has 1 aromatic heterocycles. The summed E-state index contributed by atoms with van der Waals surface area (Å²) < 4.78 is 61.6. The number of ether oxygens (including phenoxy) is 2. The van der Waals surface area contributed by atoms with E-state index in [2.05, 4.69) is 21.2 Å². The Labute approximate surface area is 204 Å². The van der Waals surface area contributed by atoms with Gasteiger partial charge in [0.25, 0.3) is 0 Å². The summed E-state index contributed by atoms with van der Waals surface area (Å²) in [6, 6.07) is 19.7. The fraction of sp³-hybridized carbons (Fsp3) is 0.115. The highest BCUT2D eigenvalue weighted by molar-refractivity contribution is 6.35. The number of hydrogen-bond acceptors (Lipinski definition) is 3. The minimum atomic E-state index is -2.98. The molecule has 0 atom stereocenters. The highest BCUT2D eigenvalue weighted by Gasteiger charge is 2.21. The van der Waals surface area contributed by atoms with Crippen molar-refractivity contribution in [3.8, 4) is 34.0 Å². The van der Waals surface area contributed by atoms with Crippen LogP contribution in [0.15, 0.2) is 79.4 Å². The van der Waals surface area contributed by atoms with E-state index in [-0.39, 0.29) is 16.5 Å². The largest absolute Gasteiger partial charge is 0.435 e. The van der Waals surface area contributed by atoms with Crippen molar-refractivity contribution in [3.05, 3.63) is 95.5 Å². The number of benzene rings is 3. The Morgan fingerprint density at radius 2 is 1.43 bits per heavy atom. The fourth-order valence-corrected chi connectivity index (χ4v) is 3.94. The zero-order chi connectivity index (χ0) is 24.9. The molecule has 0 aliphatic heterocycles. The van der Waals surface area contributed by atoms with E-state index in [1.165, 1.54) is 24.3 Å². The van der Waals surface area contributed by atoms with Crippen molar-refractivity contribution >= 4 is 17.7 Å². The summed E-state index contributed by atoms with van der Waals surface area (Å²) in [6.07, 6.45) is 1.72. The molecule has 35 heavy (non-hydrogen) atoms. The van der Waals surface area contributed by atoms with Crippen molar-refractivity contribution in [2.75, 3.05) is 0 Å². The third-order valence-electron chi connectivity index (χ3n) is 5.11. The summed E-state index contributed by atoms with van der Waals surface area (Å²) in [5.41, 5.74) is 3.57. The number of alkyl halides is 4. The third-order valence-corrected chi connectivity index (χ3v) is 5.47. The van der Waals surface area contributed by atoms with Crippen LogP contribution in [0.4, 0.5) is 17.6 Å². The summed E-state index contributed by atoms with van der Waals surface area (Å²) in [6.45, 7) is -1.92. The van der Waals surface area contributed by atoms with Gasteiger partial charge in [0.15, 0.2) is 0 Å². The molecule has 0 aliphatic carbocycles. The van der Waals surface area contributed by atoms with Gasteiger partial charge in [-0.2, -0.15) is 22.7 Å². The van der Waals surface area contributed by atoms with Crippen molar-refractivity contribution in [2.45, 2.75) is 19.8 Å². The Balaban J connectivity index is 1.81. The Bertz CT molecular complexity index is 1320. The molecule has 0 spiro atoms. The molecule has 0 bridgehead atoms. The lowest BCUT2D eigenvalue weighted by Crippen LogP contribution is -2.05. The zero-order valence-corrected chi connectivity index (χ0v) is 18.9. The maximum atomic E-state index is 12.8. The van der Waals surface area contributed by atoms with E-state index in [0.717, 1.165) is 11.1 Å². The Morgan fingerprint density at radius 3 is 2.00 bits per heavy atom. The van der Waals surface area contributed by atoms with E-state index in [0.29, 0.717) is 29.1 Å². The first kappa shape index (κ1) is 24.3. The van der Waals surface area contributed by atoms with Crippen LogP contribution in [0.2, 0.25) is 5.02 Å². The van der Waals surface area contributed by atoms with Crippen LogP contribution >= 0.6 is 11.6 Å². The van der Waals surface area contributed by atoms with Gasteiger partial charge in [0.1, 0.15) is 17.2 Å². The van der Waals surface area contributed by atoms with E-state index in [9.17, 15) is 17.6 Å². The topological polar surface area (TPSA) is 36.3 Å².